The molecule has 2 aromatic heterocycles. The van der Waals surface area contributed by atoms with Crippen molar-refractivity contribution in [2.75, 3.05) is 0 Å². The number of hydrogen-bond acceptors (Lipinski definition) is 4. The van der Waals surface area contributed by atoms with Gasteiger partial charge in [0.15, 0.2) is 0 Å². The van der Waals surface area contributed by atoms with Gasteiger partial charge in [0.25, 0.3) is 11.5 Å². The van der Waals surface area contributed by atoms with Crippen molar-refractivity contribution in [2.45, 2.75) is 45.2 Å². The Hall–Kier alpha value is -2.67. The van der Waals surface area contributed by atoms with Gasteiger partial charge in [0.05, 0.1) is 12.1 Å². The molecule has 7 heteroatoms. The molecule has 1 aromatic carbocycles. The van der Waals surface area contributed by atoms with Crippen molar-refractivity contribution in [1.29, 1.82) is 0 Å². The first-order chi connectivity index (χ1) is 13.5. The predicted octanol–water partition coefficient (Wildman–Crippen LogP) is 3.11. The molecule has 1 fully saturated rings. The lowest BCUT2D eigenvalue weighted by molar-refractivity contribution is 0.0910. The zero-order valence-corrected chi connectivity index (χ0v) is 16.6. The zero-order chi connectivity index (χ0) is 19.7. The van der Waals surface area contributed by atoms with Crippen molar-refractivity contribution in [3.8, 4) is 0 Å². The highest BCUT2D eigenvalue weighted by Crippen LogP contribution is 2.24. The van der Waals surface area contributed by atoms with E-state index in [-0.39, 0.29) is 24.1 Å². The lowest BCUT2D eigenvalue weighted by atomic mass is 9.86. The van der Waals surface area contributed by atoms with Gasteiger partial charge in [-0.3, -0.25) is 14.2 Å². The van der Waals surface area contributed by atoms with Gasteiger partial charge >= 0.3 is 5.69 Å². The van der Waals surface area contributed by atoms with Gasteiger partial charge in [-0.2, -0.15) is 0 Å². The number of nitrogens with one attached hydrogen (secondary N) is 2. The van der Waals surface area contributed by atoms with E-state index in [0.717, 1.165) is 24.8 Å². The third-order valence-electron chi connectivity index (χ3n) is 5.58. The number of benzene rings is 1. The number of aromatic amines is 1. The first-order valence-corrected chi connectivity index (χ1v) is 10.5. The minimum absolute atomic E-state index is 0.0691. The van der Waals surface area contributed by atoms with Gasteiger partial charge in [-0.15, -0.1) is 11.3 Å². The van der Waals surface area contributed by atoms with Crippen LogP contribution in [0.2, 0.25) is 0 Å². The Morgan fingerprint density at radius 1 is 1.18 bits per heavy atom. The van der Waals surface area contributed by atoms with Crippen LogP contribution in [-0.4, -0.2) is 21.5 Å². The van der Waals surface area contributed by atoms with E-state index >= 15 is 0 Å². The molecule has 2 heterocycles. The summed E-state index contributed by atoms with van der Waals surface area (Å²) >= 11 is 1.31. The molecule has 2 N–H and O–H groups in total. The highest BCUT2D eigenvalue weighted by molar-refractivity contribution is 7.17. The Kier molecular flexibility index (Phi) is 5.17. The van der Waals surface area contributed by atoms with Gasteiger partial charge in [-0.25, -0.2) is 4.79 Å². The normalized spacial score (nSPS) is 19.6. The lowest BCUT2D eigenvalue weighted by Crippen LogP contribution is -2.41. The molecule has 0 unspecified atom stereocenters. The molecule has 28 heavy (non-hydrogen) atoms. The first kappa shape index (κ1) is 18.7. The molecule has 2 atom stereocenters. The molecule has 4 rings (SSSR count). The second-order valence-corrected chi connectivity index (χ2v) is 8.44. The fourth-order valence-corrected chi connectivity index (χ4v) is 4.64. The molecule has 1 saturated carbocycles. The van der Waals surface area contributed by atoms with Crippen LogP contribution >= 0.6 is 11.3 Å². The number of rotatable bonds is 4. The maximum atomic E-state index is 12.5. The van der Waals surface area contributed by atoms with Crippen molar-refractivity contribution in [3.05, 3.63) is 67.7 Å². The lowest BCUT2D eigenvalue weighted by Gasteiger charge is -2.29. The van der Waals surface area contributed by atoms with Crippen LogP contribution in [0.4, 0.5) is 0 Å². The maximum absolute atomic E-state index is 12.5. The summed E-state index contributed by atoms with van der Waals surface area (Å²) in [5, 5.41) is 4.93. The second kappa shape index (κ2) is 7.75. The smallest absolute Gasteiger partial charge is 0.329 e. The number of carbonyl (C=O) groups is 1. The van der Waals surface area contributed by atoms with Gasteiger partial charge in [-0.1, -0.05) is 31.9 Å². The Morgan fingerprint density at radius 2 is 1.93 bits per heavy atom. The average molecular weight is 398 g/mol. The predicted molar refractivity (Wildman–Crippen MR) is 111 cm³/mol. The molecule has 6 nitrogen and oxygen atoms in total. The molecule has 0 saturated heterocycles. The van der Waals surface area contributed by atoms with Crippen molar-refractivity contribution >= 4 is 27.5 Å². The van der Waals surface area contributed by atoms with E-state index in [1.165, 1.54) is 22.3 Å². The molecular weight excluding hydrogens is 374 g/mol. The van der Waals surface area contributed by atoms with Crippen LogP contribution in [0.5, 0.6) is 0 Å². The van der Waals surface area contributed by atoms with Crippen LogP contribution in [0.15, 0.2) is 45.3 Å². The molecule has 1 amide bonds. The topological polar surface area (TPSA) is 84.0 Å². The molecule has 1 aliphatic carbocycles. The number of nitrogens with zero attached hydrogens (tertiary/aromatic N) is 1. The zero-order valence-electron chi connectivity index (χ0n) is 15.7. The minimum Gasteiger partial charge on any atom is -0.349 e. The van der Waals surface area contributed by atoms with E-state index in [9.17, 15) is 14.4 Å². The number of carbonyl (C=O) groups excluding carboxylic acids is 1. The Balaban J connectivity index is 1.50. The third kappa shape index (κ3) is 3.67. The third-order valence-corrected chi connectivity index (χ3v) is 6.48. The standard InChI is InChI=1S/C21H23N3O3S/c1-13-4-2-3-5-16(13)22-19(25)15-8-6-14(7-9-15)12-24-20(26)18-17(10-11-28-18)23-21(24)27/h6-11,13,16H,2-5,12H2,1H3,(H,22,25)(H,23,27)/t13-,16-/m1/s1. The summed E-state index contributed by atoms with van der Waals surface area (Å²) < 4.78 is 1.73. The van der Waals surface area contributed by atoms with Gasteiger partial charge in [0.2, 0.25) is 0 Å². The summed E-state index contributed by atoms with van der Waals surface area (Å²) in [5.74, 6) is 0.433. The molecule has 3 aromatic rings. The summed E-state index contributed by atoms with van der Waals surface area (Å²) in [6, 6.07) is 9.05. The number of H-pyrrole nitrogens is 1. The molecule has 0 aliphatic heterocycles. The van der Waals surface area contributed by atoms with E-state index in [1.807, 2.05) is 0 Å². The van der Waals surface area contributed by atoms with Crippen LogP contribution < -0.4 is 16.6 Å². The maximum Gasteiger partial charge on any atom is 0.329 e. The highest BCUT2D eigenvalue weighted by Gasteiger charge is 2.23. The Bertz CT molecular complexity index is 1110. The van der Waals surface area contributed by atoms with E-state index in [0.29, 0.717) is 21.7 Å². The van der Waals surface area contributed by atoms with Gasteiger partial charge in [0.1, 0.15) is 4.70 Å². The van der Waals surface area contributed by atoms with Crippen molar-refractivity contribution in [2.24, 2.45) is 5.92 Å². The molecule has 1 aliphatic rings. The van der Waals surface area contributed by atoms with Crippen LogP contribution in [0, 0.1) is 5.92 Å². The molecule has 0 bridgehead atoms. The Morgan fingerprint density at radius 3 is 2.68 bits per heavy atom. The molecular formula is C21H23N3O3S. The second-order valence-electron chi connectivity index (χ2n) is 7.52. The number of thiophene rings is 1. The van der Waals surface area contributed by atoms with E-state index in [2.05, 4.69) is 17.2 Å². The summed E-state index contributed by atoms with van der Waals surface area (Å²) in [4.78, 5) is 40.0. The molecule has 0 spiro atoms. The van der Waals surface area contributed by atoms with Crippen molar-refractivity contribution in [3.63, 3.8) is 0 Å². The van der Waals surface area contributed by atoms with E-state index in [1.54, 1.807) is 35.7 Å². The monoisotopic (exact) mass is 397 g/mol. The van der Waals surface area contributed by atoms with Gasteiger partial charge in [0, 0.05) is 11.6 Å². The molecule has 0 radical (unpaired) electrons. The minimum atomic E-state index is -0.427. The summed E-state index contributed by atoms with van der Waals surface area (Å²) in [6.45, 7) is 2.36. The first-order valence-electron chi connectivity index (χ1n) is 9.63. The average Bonchev–Trinajstić information content (AvgIpc) is 3.16. The van der Waals surface area contributed by atoms with E-state index < -0.39 is 5.69 Å². The van der Waals surface area contributed by atoms with Crippen molar-refractivity contribution < 1.29 is 4.79 Å². The SMILES string of the molecule is C[C@@H]1CCCC[C@H]1NC(=O)c1ccc(Cn2c(=O)[nH]c3ccsc3c2=O)cc1. The number of aromatic nitrogens is 2. The molecule has 146 valence electrons. The van der Waals surface area contributed by atoms with E-state index in [4.69, 9.17) is 0 Å². The van der Waals surface area contributed by atoms with Crippen LogP contribution in [0.1, 0.15) is 48.5 Å². The number of amides is 1. The van der Waals surface area contributed by atoms with Gasteiger partial charge in [-0.05, 0) is 47.9 Å². The number of hydrogen-bond donors (Lipinski definition) is 2. The summed E-state index contributed by atoms with van der Waals surface area (Å²) in [7, 11) is 0. The van der Waals surface area contributed by atoms with Crippen LogP contribution in [-0.2, 0) is 6.54 Å². The summed E-state index contributed by atoms with van der Waals surface area (Å²) in [6.07, 6.45) is 4.58. The number of fused-ring (bicyclic) bond motifs is 1. The van der Waals surface area contributed by atoms with Crippen LogP contribution in [0.25, 0.3) is 10.2 Å². The fraction of sp³-hybridized carbons (Fsp3) is 0.381. The fourth-order valence-electron chi connectivity index (χ4n) is 3.84. The van der Waals surface area contributed by atoms with Crippen LogP contribution in [0.3, 0.4) is 0 Å². The van der Waals surface area contributed by atoms with Crippen molar-refractivity contribution in [1.82, 2.24) is 14.9 Å². The van der Waals surface area contributed by atoms with Gasteiger partial charge < -0.3 is 10.3 Å². The Labute approximate surface area is 166 Å². The highest BCUT2D eigenvalue weighted by atomic mass is 32.1. The summed E-state index contributed by atoms with van der Waals surface area (Å²) in [5.41, 5.74) is 1.24. The quantitative estimate of drug-likeness (QED) is 0.709. The largest absolute Gasteiger partial charge is 0.349 e.